The van der Waals surface area contributed by atoms with Gasteiger partial charge in [0.2, 0.25) is 0 Å². The molecule has 0 heterocycles. The van der Waals surface area contributed by atoms with Gasteiger partial charge in [0.25, 0.3) is 0 Å². The number of thioether (sulfide) groups is 1. The third-order valence-electron chi connectivity index (χ3n) is 1.83. The zero-order valence-electron chi connectivity index (χ0n) is 8.41. The molecule has 0 unspecified atom stereocenters. The van der Waals surface area contributed by atoms with Gasteiger partial charge in [0.05, 0.1) is 5.56 Å². The number of hydrogen-bond acceptors (Lipinski definition) is 2. The second kappa shape index (κ2) is 5.05. The number of carbonyl (C=O) groups is 1. The van der Waals surface area contributed by atoms with Crippen molar-refractivity contribution >= 4 is 17.7 Å². The molecule has 0 aliphatic rings. The number of rotatable bonds is 4. The van der Waals surface area contributed by atoms with E-state index in [4.69, 9.17) is 5.11 Å². The van der Waals surface area contributed by atoms with E-state index in [0.29, 0.717) is 5.56 Å². The van der Waals surface area contributed by atoms with E-state index < -0.39 is 5.97 Å². The zero-order chi connectivity index (χ0) is 10.6. The minimum atomic E-state index is -0.840. The molecule has 0 saturated carbocycles. The van der Waals surface area contributed by atoms with Crippen LogP contribution >= 0.6 is 11.8 Å². The van der Waals surface area contributed by atoms with Gasteiger partial charge in [-0.25, -0.2) is 4.79 Å². The summed E-state index contributed by atoms with van der Waals surface area (Å²) in [7, 11) is 0. The highest BCUT2D eigenvalue weighted by Crippen LogP contribution is 2.24. The molecule has 0 atom stereocenters. The van der Waals surface area contributed by atoms with Gasteiger partial charge in [0.15, 0.2) is 0 Å². The maximum absolute atomic E-state index is 10.9. The Labute approximate surface area is 88.3 Å². The summed E-state index contributed by atoms with van der Waals surface area (Å²) in [6.07, 6.45) is 1.05. The average Bonchev–Trinajstić information content (AvgIpc) is 2.15. The molecule has 1 aromatic rings. The average molecular weight is 210 g/mol. The first kappa shape index (κ1) is 11.1. The molecule has 2 nitrogen and oxygen atoms in total. The van der Waals surface area contributed by atoms with Crippen LogP contribution in [-0.4, -0.2) is 16.8 Å². The third kappa shape index (κ3) is 2.77. The summed E-state index contributed by atoms with van der Waals surface area (Å²) in [5, 5.41) is 8.98. The van der Waals surface area contributed by atoms with Crippen molar-refractivity contribution < 1.29 is 9.90 Å². The van der Waals surface area contributed by atoms with Crippen LogP contribution in [0.2, 0.25) is 0 Å². The number of aromatic carboxylic acids is 1. The molecule has 0 aromatic heterocycles. The van der Waals surface area contributed by atoms with E-state index in [1.54, 1.807) is 17.8 Å². The highest BCUT2D eigenvalue weighted by molar-refractivity contribution is 7.99. The quantitative estimate of drug-likeness (QED) is 0.775. The van der Waals surface area contributed by atoms with E-state index in [9.17, 15) is 4.79 Å². The summed E-state index contributed by atoms with van der Waals surface area (Å²) in [6, 6.07) is 5.56. The van der Waals surface area contributed by atoms with Crippen LogP contribution in [0.5, 0.6) is 0 Å². The Hall–Kier alpha value is -0.960. The predicted molar refractivity (Wildman–Crippen MR) is 59.2 cm³/mol. The molecule has 0 bridgehead atoms. The maximum Gasteiger partial charge on any atom is 0.336 e. The fourth-order valence-corrected chi connectivity index (χ4v) is 2.04. The van der Waals surface area contributed by atoms with E-state index in [-0.39, 0.29) is 0 Å². The summed E-state index contributed by atoms with van der Waals surface area (Å²) in [6.45, 7) is 3.99. The predicted octanol–water partition coefficient (Wildman–Crippen LogP) is 3.20. The molecule has 1 N–H and O–H groups in total. The van der Waals surface area contributed by atoms with E-state index in [0.717, 1.165) is 22.6 Å². The molecule has 76 valence electrons. The van der Waals surface area contributed by atoms with Crippen LogP contribution in [-0.2, 0) is 0 Å². The summed E-state index contributed by atoms with van der Waals surface area (Å²) in [4.78, 5) is 11.8. The Morgan fingerprint density at radius 1 is 1.50 bits per heavy atom. The summed E-state index contributed by atoms with van der Waals surface area (Å²) < 4.78 is 0. The minimum Gasteiger partial charge on any atom is -0.478 e. The molecule has 0 aliphatic carbocycles. The van der Waals surface area contributed by atoms with E-state index in [1.807, 2.05) is 19.1 Å². The van der Waals surface area contributed by atoms with Crippen molar-refractivity contribution in [3.63, 3.8) is 0 Å². The monoisotopic (exact) mass is 210 g/mol. The molecular formula is C11H14O2S. The fraction of sp³-hybridized carbons (Fsp3) is 0.364. The molecule has 0 radical (unpaired) electrons. The van der Waals surface area contributed by atoms with Crippen molar-refractivity contribution in [2.24, 2.45) is 0 Å². The molecule has 0 spiro atoms. The lowest BCUT2D eigenvalue weighted by Crippen LogP contribution is -1.99. The lowest BCUT2D eigenvalue weighted by Gasteiger charge is -2.05. The topological polar surface area (TPSA) is 37.3 Å². The van der Waals surface area contributed by atoms with Crippen molar-refractivity contribution in [3.05, 3.63) is 29.3 Å². The highest BCUT2D eigenvalue weighted by Gasteiger charge is 2.09. The zero-order valence-corrected chi connectivity index (χ0v) is 9.23. The Kier molecular flexibility index (Phi) is 4.01. The van der Waals surface area contributed by atoms with Crippen molar-refractivity contribution in [1.82, 2.24) is 0 Å². The van der Waals surface area contributed by atoms with Gasteiger partial charge >= 0.3 is 5.97 Å². The number of carboxylic acids is 1. The van der Waals surface area contributed by atoms with Crippen LogP contribution in [0.3, 0.4) is 0 Å². The highest BCUT2D eigenvalue weighted by atomic mass is 32.2. The number of benzene rings is 1. The smallest absolute Gasteiger partial charge is 0.336 e. The summed E-state index contributed by atoms with van der Waals surface area (Å²) in [5.41, 5.74) is 1.41. The first-order valence-electron chi connectivity index (χ1n) is 4.62. The largest absolute Gasteiger partial charge is 0.478 e. The summed E-state index contributed by atoms with van der Waals surface area (Å²) in [5.74, 6) is 0.121. The van der Waals surface area contributed by atoms with Crippen molar-refractivity contribution in [3.8, 4) is 0 Å². The van der Waals surface area contributed by atoms with E-state index in [1.165, 1.54) is 0 Å². The lowest BCUT2D eigenvalue weighted by molar-refractivity contribution is 0.0693. The van der Waals surface area contributed by atoms with E-state index in [2.05, 4.69) is 6.92 Å². The van der Waals surface area contributed by atoms with Gasteiger partial charge in [-0.2, -0.15) is 0 Å². The Balaban J connectivity index is 2.96. The first-order valence-corrected chi connectivity index (χ1v) is 5.60. The Bertz CT molecular complexity index is 334. The number of hydrogen-bond donors (Lipinski definition) is 1. The number of aryl methyl sites for hydroxylation is 1. The van der Waals surface area contributed by atoms with Gasteiger partial charge in [-0.05, 0) is 31.2 Å². The van der Waals surface area contributed by atoms with Crippen LogP contribution in [0.15, 0.2) is 23.1 Å². The molecule has 3 heteroatoms. The minimum absolute atomic E-state index is 0.420. The van der Waals surface area contributed by atoms with Gasteiger partial charge < -0.3 is 5.11 Å². The third-order valence-corrected chi connectivity index (χ3v) is 3.11. The van der Waals surface area contributed by atoms with Crippen LogP contribution in [0.1, 0.15) is 29.3 Å². The van der Waals surface area contributed by atoms with Gasteiger partial charge in [0, 0.05) is 4.90 Å². The second-order valence-corrected chi connectivity index (χ2v) is 4.29. The molecule has 0 saturated heterocycles. The fourth-order valence-electron chi connectivity index (χ4n) is 1.15. The Morgan fingerprint density at radius 3 is 2.79 bits per heavy atom. The first-order chi connectivity index (χ1) is 6.65. The Morgan fingerprint density at radius 2 is 2.21 bits per heavy atom. The normalized spacial score (nSPS) is 10.1. The lowest BCUT2D eigenvalue weighted by atomic mass is 10.1. The van der Waals surface area contributed by atoms with Crippen LogP contribution in [0.4, 0.5) is 0 Å². The molecular weight excluding hydrogens is 196 g/mol. The van der Waals surface area contributed by atoms with Crippen molar-refractivity contribution in [2.75, 3.05) is 5.75 Å². The van der Waals surface area contributed by atoms with E-state index >= 15 is 0 Å². The second-order valence-electron chi connectivity index (χ2n) is 3.15. The molecule has 14 heavy (non-hydrogen) atoms. The molecule has 0 amide bonds. The molecule has 1 rings (SSSR count). The molecule has 0 aliphatic heterocycles. The SMILES string of the molecule is CCCSc1ccc(C)cc1C(=O)O. The van der Waals surface area contributed by atoms with Crippen molar-refractivity contribution in [2.45, 2.75) is 25.2 Å². The van der Waals surface area contributed by atoms with Gasteiger partial charge in [-0.15, -0.1) is 11.8 Å². The standard InChI is InChI=1S/C11H14O2S/c1-3-6-14-10-5-4-8(2)7-9(10)11(12)13/h4-5,7H,3,6H2,1-2H3,(H,12,13). The molecule has 0 fully saturated rings. The molecule has 1 aromatic carbocycles. The summed E-state index contributed by atoms with van der Waals surface area (Å²) >= 11 is 1.60. The van der Waals surface area contributed by atoms with Crippen LogP contribution in [0.25, 0.3) is 0 Å². The maximum atomic E-state index is 10.9. The van der Waals surface area contributed by atoms with Gasteiger partial charge in [-0.1, -0.05) is 18.6 Å². The van der Waals surface area contributed by atoms with Crippen LogP contribution in [0, 0.1) is 6.92 Å². The van der Waals surface area contributed by atoms with Crippen LogP contribution < -0.4 is 0 Å². The van der Waals surface area contributed by atoms with Gasteiger partial charge in [0.1, 0.15) is 0 Å². The van der Waals surface area contributed by atoms with Crippen molar-refractivity contribution in [1.29, 1.82) is 0 Å². The number of carboxylic acid groups (broad SMARTS) is 1. The van der Waals surface area contributed by atoms with Gasteiger partial charge in [-0.3, -0.25) is 0 Å².